The Labute approximate surface area is 183 Å². The summed E-state index contributed by atoms with van der Waals surface area (Å²) in [5.41, 5.74) is 0.666. The number of benzene rings is 2. The lowest BCUT2D eigenvalue weighted by Gasteiger charge is -2.34. The molecule has 1 fully saturated rings. The van der Waals surface area contributed by atoms with E-state index in [9.17, 15) is 19.7 Å². The van der Waals surface area contributed by atoms with Crippen LogP contribution < -0.4 is 0 Å². The molecule has 3 aromatic rings. The molecule has 0 unspecified atom stereocenters. The summed E-state index contributed by atoms with van der Waals surface area (Å²) in [7, 11) is 0. The van der Waals surface area contributed by atoms with Gasteiger partial charge in [0.2, 0.25) is 0 Å². The van der Waals surface area contributed by atoms with Gasteiger partial charge in [0.25, 0.3) is 0 Å². The van der Waals surface area contributed by atoms with Crippen molar-refractivity contribution in [2.24, 2.45) is 5.41 Å². The molecule has 4 nitrogen and oxygen atoms in total. The molecular formula is C25H16FN3OS. The molecule has 0 bridgehead atoms. The summed E-state index contributed by atoms with van der Waals surface area (Å²) < 4.78 is 13.5. The van der Waals surface area contributed by atoms with E-state index in [-0.39, 0.29) is 5.78 Å². The highest BCUT2D eigenvalue weighted by Crippen LogP contribution is 2.60. The Hall–Kier alpha value is -3.74. The van der Waals surface area contributed by atoms with Gasteiger partial charge in [-0.2, -0.15) is 10.5 Å². The third-order valence-corrected chi connectivity index (χ3v) is 7.15. The van der Waals surface area contributed by atoms with E-state index < -0.39 is 29.2 Å². The number of hydrogen-bond acceptors (Lipinski definition) is 5. The number of nitrogens with zero attached hydrogens (tertiary/aromatic N) is 3. The third-order valence-electron chi connectivity index (χ3n) is 6.19. The maximum atomic E-state index is 13.7. The van der Waals surface area contributed by atoms with Gasteiger partial charge < -0.3 is 4.90 Å². The Balaban J connectivity index is 1.75. The summed E-state index contributed by atoms with van der Waals surface area (Å²) in [5.74, 6) is -1.31. The van der Waals surface area contributed by atoms with Crippen LogP contribution in [0.2, 0.25) is 0 Å². The highest BCUT2D eigenvalue weighted by molar-refractivity contribution is 7.10. The average molecular weight is 425 g/mol. The number of thiophene rings is 1. The van der Waals surface area contributed by atoms with Crippen molar-refractivity contribution in [3.63, 3.8) is 0 Å². The maximum Gasteiger partial charge on any atom is 0.185 e. The van der Waals surface area contributed by atoms with E-state index >= 15 is 0 Å². The second kappa shape index (κ2) is 7.19. The zero-order chi connectivity index (χ0) is 21.6. The molecule has 0 amide bonds. The van der Waals surface area contributed by atoms with Gasteiger partial charge in [0, 0.05) is 16.6 Å². The predicted octanol–water partition coefficient (Wildman–Crippen LogP) is 5.30. The monoisotopic (exact) mass is 425 g/mol. The molecule has 0 spiro atoms. The van der Waals surface area contributed by atoms with Gasteiger partial charge in [0.1, 0.15) is 11.9 Å². The molecule has 6 heteroatoms. The Morgan fingerprint density at radius 3 is 2.45 bits per heavy atom. The lowest BCUT2D eigenvalue weighted by atomic mass is 9.69. The van der Waals surface area contributed by atoms with Crippen LogP contribution in [0.25, 0.3) is 6.08 Å². The smallest absolute Gasteiger partial charge is 0.185 e. The molecule has 0 aliphatic carbocycles. The molecule has 2 aliphatic heterocycles. The van der Waals surface area contributed by atoms with Crippen molar-refractivity contribution in [1.29, 1.82) is 10.5 Å². The van der Waals surface area contributed by atoms with Crippen molar-refractivity contribution >= 4 is 23.2 Å². The van der Waals surface area contributed by atoms with Crippen molar-refractivity contribution in [2.45, 2.75) is 18.0 Å². The third kappa shape index (κ3) is 2.73. The highest BCUT2D eigenvalue weighted by atomic mass is 32.1. The standard InChI is InChI=1S/C25H16FN3OS/c26-18-9-7-17(8-10-18)23(30)22-21(20-6-3-13-31-20)25(14-27,15-28)24-19-5-2-1-4-16(19)11-12-29(22)24/h1-13,21-22,24H/t21-,22-,24+/m1/s1. The first kappa shape index (κ1) is 19.2. The quantitative estimate of drug-likeness (QED) is 0.534. The molecule has 3 heterocycles. The van der Waals surface area contributed by atoms with Gasteiger partial charge in [-0.3, -0.25) is 4.79 Å². The molecule has 0 saturated carbocycles. The fourth-order valence-electron chi connectivity index (χ4n) is 4.86. The molecule has 150 valence electrons. The molecule has 0 radical (unpaired) electrons. The predicted molar refractivity (Wildman–Crippen MR) is 115 cm³/mol. The molecule has 1 aromatic heterocycles. The van der Waals surface area contributed by atoms with E-state index in [0.717, 1.165) is 16.0 Å². The molecule has 3 atom stereocenters. The number of halogens is 1. The molecular weight excluding hydrogens is 409 g/mol. The number of ketones is 1. The van der Waals surface area contributed by atoms with Crippen LogP contribution in [-0.2, 0) is 0 Å². The van der Waals surface area contributed by atoms with Gasteiger partial charge in [0.15, 0.2) is 11.2 Å². The Kier molecular flexibility index (Phi) is 4.46. The molecule has 2 aliphatic rings. The minimum absolute atomic E-state index is 0.236. The first-order valence-electron chi connectivity index (χ1n) is 9.81. The molecule has 2 aromatic carbocycles. The summed E-state index contributed by atoms with van der Waals surface area (Å²) >= 11 is 1.43. The largest absolute Gasteiger partial charge is 0.357 e. The number of fused-ring (bicyclic) bond motifs is 3. The molecule has 31 heavy (non-hydrogen) atoms. The van der Waals surface area contributed by atoms with Crippen LogP contribution in [0.1, 0.15) is 38.3 Å². The molecule has 1 saturated heterocycles. The zero-order valence-electron chi connectivity index (χ0n) is 16.3. The lowest BCUT2D eigenvalue weighted by molar-refractivity contribution is 0.0875. The summed E-state index contributed by atoms with van der Waals surface area (Å²) in [4.78, 5) is 16.4. The normalized spacial score (nSPS) is 22.8. The van der Waals surface area contributed by atoms with Crippen LogP contribution in [0.15, 0.2) is 72.2 Å². The second-order valence-corrected chi connectivity index (χ2v) is 8.68. The van der Waals surface area contributed by atoms with Gasteiger partial charge in [-0.05, 0) is 52.9 Å². The number of carbonyl (C=O) groups excluding carboxylic acids is 1. The molecule has 0 N–H and O–H groups in total. The Morgan fingerprint density at radius 1 is 1.03 bits per heavy atom. The van der Waals surface area contributed by atoms with E-state index in [1.54, 1.807) is 0 Å². The Bertz CT molecular complexity index is 1250. The van der Waals surface area contributed by atoms with E-state index in [1.807, 2.05) is 59.0 Å². The summed E-state index contributed by atoms with van der Waals surface area (Å²) in [5, 5.41) is 22.6. The topological polar surface area (TPSA) is 67.9 Å². The van der Waals surface area contributed by atoms with E-state index in [0.29, 0.717) is 5.56 Å². The SMILES string of the molecule is N#CC1(C#N)[C@H](c2cccs2)[C@H](C(=O)c2ccc(F)cc2)N2C=Cc3ccccc3[C@H]21. The van der Waals surface area contributed by atoms with Gasteiger partial charge >= 0.3 is 0 Å². The maximum absolute atomic E-state index is 13.7. The van der Waals surface area contributed by atoms with Crippen molar-refractivity contribution in [3.8, 4) is 12.1 Å². The van der Waals surface area contributed by atoms with Crippen LogP contribution in [0, 0.1) is 33.9 Å². The fraction of sp³-hybridized carbons (Fsp3) is 0.160. The van der Waals surface area contributed by atoms with Gasteiger partial charge in [0.05, 0.1) is 24.1 Å². The number of hydrogen-bond donors (Lipinski definition) is 0. The second-order valence-electron chi connectivity index (χ2n) is 7.70. The van der Waals surface area contributed by atoms with Gasteiger partial charge in [-0.25, -0.2) is 4.39 Å². The lowest BCUT2D eigenvalue weighted by Crippen LogP contribution is -2.37. The summed E-state index contributed by atoms with van der Waals surface area (Å²) in [6.07, 6.45) is 3.73. The number of nitriles is 2. The van der Waals surface area contributed by atoms with Crippen LogP contribution in [0.3, 0.4) is 0 Å². The first-order valence-corrected chi connectivity index (χ1v) is 10.7. The van der Waals surface area contributed by atoms with Crippen LogP contribution in [0.5, 0.6) is 0 Å². The van der Waals surface area contributed by atoms with Gasteiger partial charge in [-0.15, -0.1) is 11.3 Å². The molecule has 5 rings (SSSR count). The van der Waals surface area contributed by atoms with Crippen LogP contribution in [-0.4, -0.2) is 16.7 Å². The zero-order valence-corrected chi connectivity index (χ0v) is 17.1. The van der Waals surface area contributed by atoms with Crippen LogP contribution in [0.4, 0.5) is 4.39 Å². The number of rotatable bonds is 3. The minimum atomic E-state index is -1.47. The van der Waals surface area contributed by atoms with Crippen molar-refractivity contribution in [2.75, 3.05) is 0 Å². The van der Waals surface area contributed by atoms with E-state index in [4.69, 9.17) is 0 Å². The average Bonchev–Trinajstić information content (AvgIpc) is 3.43. The number of carbonyl (C=O) groups is 1. The minimum Gasteiger partial charge on any atom is -0.357 e. The Morgan fingerprint density at radius 2 is 1.77 bits per heavy atom. The summed E-state index contributed by atoms with van der Waals surface area (Å²) in [6.45, 7) is 0. The van der Waals surface area contributed by atoms with Crippen LogP contribution >= 0.6 is 11.3 Å². The van der Waals surface area contributed by atoms with Crippen molar-refractivity contribution in [1.82, 2.24) is 4.90 Å². The van der Waals surface area contributed by atoms with Crippen molar-refractivity contribution in [3.05, 3.63) is 99.6 Å². The van der Waals surface area contributed by atoms with Gasteiger partial charge in [-0.1, -0.05) is 30.3 Å². The van der Waals surface area contributed by atoms with E-state index in [2.05, 4.69) is 12.1 Å². The van der Waals surface area contributed by atoms with Crippen molar-refractivity contribution < 1.29 is 9.18 Å². The summed E-state index contributed by atoms with van der Waals surface area (Å²) in [6, 6.07) is 20.1. The number of Topliss-reactive ketones (excluding diaryl/α,β-unsaturated/α-hetero) is 1. The van der Waals surface area contributed by atoms with E-state index in [1.165, 1.54) is 35.6 Å². The highest BCUT2D eigenvalue weighted by Gasteiger charge is 2.64. The first-order chi connectivity index (χ1) is 15.1. The fourth-order valence-corrected chi connectivity index (χ4v) is 5.79.